The molecular formula is C12H15F2NO2. The normalized spacial score (nSPS) is 33.7. The third-order valence-electron chi connectivity index (χ3n) is 2.95. The molecule has 2 unspecified atom stereocenters. The molecule has 0 amide bonds. The highest BCUT2D eigenvalue weighted by molar-refractivity contribution is 5.24. The first-order valence-corrected chi connectivity index (χ1v) is 5.51. The lowest BCUT2D eigenvalue weighted by molar-refractivity contribution is -0.253. The monoisotopic (exact) mass is 243 g/mol. The number of hydrogen-bond acceptors (Lipinski definition) is 3. The SMILES string of the molecule is CC1N[C@@H](C)COC1(O)c1cc(F)cc(F)c1. The number of ether oxygens (including phenoxy) is 1. The average Bonchev–Trinajstić information content (AvgIpc) is 2.22. The van der Waals surface area contributed by atoms with Crippen molar-refractivity contribution >= 4 is 0 Å². The summed E-state index contributed by atoms with van der Waals surface area (Å²) in [5, 5.41) is 13.4. The van der Waals surface area contributed by atoms with E-state index < -0.39 is 23.5 Å². The first-order valence-electron chi connectivity index (χ1n) is 5.51. The number of morpholine rings is 1. The zero-order chi connectivity index (χ0) is 12.6. The van der Waals surface area contributed by atoms with Crippen molar-refractivity contribution in [2.75, 3.05) is 6.61 Å². The highest BCUT2D eigenvalue weighted by atomic mass is 19.1. The van der Waals surface area contributed by atoms with Crippen LogP contribution in [0.3, 0.4) is 0 Å². The molecule has 1 saturated heterocycles. The molecule has 17 heavy (non-hydrogen) atoms. The van der Waals surface area contributed by atoms with E-state index in [0.29, 0.717) is 0 Å². The Balaban J connectivity index is 2.37. The summed E-state index contributed by atoms with van der Waals surface area (Å²) in [6.45, 7) is 3.89. The fraction of sp³-hybridized carbons (Fsp3) is 0.500. The van der Waals surface area contributed by atoms with E-state index in [9.17, 15) is 13.9 Å². The topological polar surface area (TPSA) is 41.5 Å². The van der Waals surface area contributed by atoms with E-state index >= 15 is 0 Å². The molecule has 5 heteroatoms. The number of halogens is 2. The van der Waals surface area contributed by atoms with Crippen molar-refractivity contribution in [3.63, 3.8) is 0 Å². The summed E-state index contributed by atoms with van der Waals surface area (Å²) >= 11 is 0. The van der Waals surface area contributed by atoms with E-state index in [1.807, 2.05) is 6.92 Å². The van der Waals surface area contributed by atoms with Gasteiger partial charge in [0.1, 0.15) is 11.6 Å². The second-order valence-electron chi connectivity index (χ2n) is 4.45. The van der Waals surface area contributed by atoms with Gasteiger partial charge < -0.3 is 15.2 Å². The number of benzene rings is 1. The van der Waals surface area contributed by atoms with Gasteiger partial charge in [0.25, 0.3) is 0 Å². The summed E-state index contributed by atoms with van der Waals surface area (Å²) in [6.07, 6.45) is 0. The summed E-state index contributed by atoms with van der Waals surface area (Å²) < 4.78 is 31.6. The Bertz CT molecular complexity index is 407. The van der Waals surface area contributed by atoms with E-state index in [1.54, 1.807) is 6.92 Å². The summed E-state index contributed by atoms with van der Waals surface area (Å²) in [5.41, 5.74) is 0.0851. The van der Waals surface area contributed by atoms with Gasteiger partial charge in [-0.05, 0) is 26.0 Å². The standard InChI is InChI=1S/C12H15F2NO2/c1-7-6-17-12(16,8(2)15-7)9-3-10(13)5-11(14)4-9/h3-5,7-8,15-16H,6H2,1-2H3/t7-,8?,12?/m0/s1. The lowest BCUT2D eigenvalue weighted by atomic mass is 9.96. The van der Waals surface area contributed by atoms with Crippen LogP contribution < -0.4 is 5.32 Å². The maximum atomic E-state index is 13.1. The second-order valence-corrected chi connectivity index (χ2v) is 4.45. The largest absolute Gasteiger partial charge is 0.361 e. The molecule has 1 aromatic rings. The van der Waals surface area contributed by atoms with Gasteiger partial charge in [-0.3, -0.25) is 0 Å². The fourth-order valence-corrected chi connectivity index (χ4v) is 2.06. The van der Waals surface area contributed by atoms with Gasteiger partial charge in [-0.2, -0.15) is 0 Å². The fourth-order valence-electron chi connectivity index (χ4n) is 2.06. The molecular weight excluding hydrogens is 228 g/mol. The molecule has 0 bridgehead atoms. The van der Waals surface area contributed by atoms with Crippen LogP contribution >= 0.6 is 0 Å². The lowest BCUT2D eigenvalue weighted by Gasteiger charge is -2.41. The zero-order valence-electron chi connectivity index (χ0n) is 9.71. The van der Waals surface area contributed by atoms with Gasteiger partial charge >= 0.3 is 0 Å². The van der Waals surface area contributed by atoms with Gasteiger partial charge in [-0.15, -0.1) is 0 Å². The van der Waals surface area contributed by atoms with E-state index in [-0.39, 0.29) is 18.2 Å². The molecule has 1 aliphatic rings. The summed E-state index contributed by atoms with van der Waals surface area (Å²) in [6, 6.07) is 2.56. The molecule has 3 nitrogen and oxygen atoms in total. The molecule has 0 saturated carbocycles. The molecule has 0 spiro atoms. The Labute approximate surface area is 98.4 Å². The molecule has 0 aromatic heterocycles. The molecule has 2 rings (SSSR count). The third-order valence-corrected chi connectivity index (χ3v) is 2.95. The van der Waals surface area contributed by atoms with E-state index in [0.717, 1.165) is 18.2 Å². The summed E-state index contributed by atoms with van der Waals surface area (Å²) in [5.74, 6) is -3.17. The predicted octanol–water partition coefficient (Wildman–Crippen LogP) is 1.51. The molecule has 94 valence electrons. The molecule has 1 heterocycles. The van der Waals surface area contributed by atoms with E-state index in [1.165, 1.54) is 0 Å². The van der Waals surface area contributed by atoms with Crippen LogP contribution in [-0.2, 0) is 10.5 Å². The van der Waals surface area contributed by atoms with Crippen LogP contribution in [0.25, 0.3) is 0 Å². The van der Waals surface area contributed by atoms with E-state index in [4.69, 9.17) is 4.74 Å². The highest BCUT2D eigenvalue weighted by Gasteiger charge is 2.41. The summed E-state index contributed by atoms with van der Waals surface area (Å²) in [7, 11) is 0. The van der Waals surface area contributed by atoms with E-state index in [2.05, 4.69) is 5.32 Å². The van der Waals surface area contributed by atoms with Crippen molar-refractivity contribution < 1.29 is 18.6 Å². The molecule has 1 aromatic carbocycles. The minimum Gasteiger partial charge on any atom is -0.361 e. The minimum absolute atomic E-state index is 0.0851. The predicted molar refractivity (Wildman–Crippen MR) is 58.3 cm³/mol. The second kappa shape index (κ2) is 4.33. The van der Waals surface area contributed by atoms with Crippen LogP contribution in [-0.4, -0.2) is 23.8 Å². The van der Waals surface area contributed by atoms with Crippen molar-refractivity contribution in [1.29, 1.82) is 0 Å². The average molecular weight is 243 g/mol. The Kier molecular flexibility index (Phi) is 3.16. The van der Waals surface area contributed by atoms with Crippen LogP contribution in [0.1, 0.15) is 19.4 Å². The minimum atomic E-state index is -1.70. The van der Waals surface area contributed by atoms with Crippen molar-refractivity contribution in [1.82, 2.24) is 5.32 Å². The van der Waals surface area contributed by atoms with Crippen molar-refractivity contribution in [3.8, 4) is 0 Å². The highest BCUT2D eigenvalue weighted by Crippen LogP contribution is 2.30. The first kappa shape index (κ1) is 12.4. The lowest BCUT2D eigenvalue weighted by Crippen LogP contribution is -2.58. The molecule has 2 N–H and O–H groups in total. The van der Waals surface area contributed by atoms with Gasteiger partial charge in [0.2, 0.25) is 5.79 Å². The molecule has 0 aliphatic carbocycles. The Morgan fingerprint density at radius 3 is 2.41 bits per heavy atom. The van der Waals surface area contributed by atoms with Crippen molar-refractivity contribution in [3.05, 3.63) is 35.4 Å². The maximum absolute atomic E-state index is 13.1. The Morgan fingerprint density at radius 1 is 1.29 bits per heavy atom. The number of aliphatic hydroxyl groups is 1. The van der Waals surface area contributed by atoms with Gasteiger partial charge in [-0.25, -0.2) is 8.78 Å². The molecule has 3 atom stereocenters. The molecule has 1 fully saturated rings. The van der Waals surface area contributed by atoms with Crippen molar-refractivity contribution in [2.45, 2.75) is 31.7 Å². The third kappa shape index (κ3) is 2.31. The quantitative estimate of drug-likeness (QED) is 0.785. The van der Waals surface area contributed by atoms with Gasteiger partial charge in [-0.1, -0.05) is 0 Å². The number of rotatable bonds is 1. The molecule has 0 radical (unpaired) electrons. The summed E-state index contributed by atoms with van der Waals surface area (Å²) in [4.78, 5) is 0. The zero-order valence-corrected chi connectivity index (χ0v) is 9.71. The van der Waals surface area contributed by atoms with Crippen LogP contribution in [0, 0.1) is 11.6 Å². The maximum Gasteiger partial charge on any atom is 0.208 e. The number of hydrogen-bond donors (Lipinski definition) is 2. The van der Waals surface area contributed by atoms with Gasteiger partial charge in [0, 0.05) is 17.7 Å². The van der Waals surface area contributed by atoms with Gasteiger partial charge in [0.15, 0.2) is 0 Å². The first-order chi connectivity index (χ1) is 7.91. The Hall–Kier alpha value is -1.04. The van der Waals surface area contributed by atoms with Crippen LogP contribution in [0.15, 0.2) is 18.2 Å². The molecule has 1 aliphatic heterocycles. The Morgan fingerprint density at radius 2 is 1.88 bits per heavy atom. The van der Waals surface area contributed by atoms with Crippen LogP contribution in [0.5, 0.6) is 0 Å². The van der Waals surface area contributed by atoms with Crippen molar-refractivity contribution in [2.24, 2.45) is 0 Å². The van der Waals surface area contributed by atoms with Crippen LogP contribution in [0.2, 0.25) is 0 Å². The smallest absolute Gasteiger partial charge is 0.208 e. The van der Waals surface area contributed by atoms with Crippen LogP contribution in [0.4, 0.5) is 8.78 Å². The number of nitrogens with one attached hydrogen (secondary N) is 1. The van der Waals surface area contributed by atoms with Gasteiger partial charge in [0.05, 0.1) is 12.6 Å².